The summed E-state index contributed by atoms with van der Waals surface area (Å²) in [7, 11) is 1.65. The molecule has 2 N–H and O–H groups in total. The van der Waals surface area contributed by atoms with E-state index in [9.17, 15) is 0 Å². The third-order valence-electron chi connectivity index (χ3n) is 1.95. The van der Waals surface area contributed by atoms with Gasteiger partial charge >= 0.3 is 0 Å². The molecule has 1 rings (SSSR count). The van der Waals surface area contributed by atoms with Gasteiger partial charge in [-0.15, -0.1) is 0 Å². The second-order valence-electron chi connectivity index (χ2n) is 3.42. The fraction of sp³-hybridized carbons (Fsp3) is 0.600. The van der Waals surface area contributed by atoms with E-state index in [1.807, 2.05) is 13.8 Å². The van der Waals surface area contributed by atoms with Crippen LogP contribution in [0.1, 0.15) is 24.6 Å². The van der Waals surface area contributed by atoms with Crippen LogP contribution in [0.2, 0.25) is 0 Å². The summed E-state index contributed by atoms with van der Waals surface area (Å²) in [5.74, 6) is 1.43. The largest absolute Gasteiger partial charge is 0.444 e. The molecule has 1 unspecified atom stereocenters. The summed E-state index contributed by atoms with van der Waals surface area (Å²) in [5.41, 5.74) is 0. The molecule has 0 saturated heterocycles. The number of aryl methyl sites for hydroxylation is 1. The normalized spacial score (nSPS) is 12.2. The molecule has 0 aliphatic heterocycles. The molecule has 0 spiro atoms. The topological polar surface area (TPSA) is 59.3 Å². The van der Waals surface area contributed by atoms with Gasteiger partial charge in [0.15, 0.2) is 5.11 Å². The molecule has 1 aromatic rings. The lowest BCUT2D eigenvalue weighted by atomic mass is 10.3. The third kappa shape index (κ3) is 4.16. The van der Waals surface area contributed by atoms with E-state index in [0.29, 0.717) is 24.2 Å². The Morgan fingerprint density at radius 1 is 1.69 bits per heavy atom. The van der Waals surface area contributed by atoms with Crippen LogP contribution in [0.3, 0.4) is 0 Å². The van der Waals surface area contributed by atoms with Crippen LogP contribution in [0.5, 0.6) is 0 Å². The summed E-state index contributed by atoms with van der Waals surface area (Å²) in [4.78, 5) is 4.12. The maximum absolute atomic E-state index is 5.39. The van der Waals surface area contributed by atoms with Gasteiger partial charge in [0, 0.05) is 13.7 Å². The Kier molecular flexibility index (Phi) is 5.21. The zero-order valence-electron chi connectivity index (χ0n) is 9.74. The molecule has 1 atom stereocenters. The molecule has 0 fully saturated rings. The first-order valence-electron chi connectivity index (χ1n) is 5.09. The van der Waals surface area contributed by atoms with Crippen molar-refractivity contribution in [1.29, 1.82) is 0 Å². The molecule has 0 aliphatic carbocycles. The van der Waals surface area contributed by atoms with E-state index in [4.69, 9.17) is 21.4 Å². The second-order valence-corrected chi connectivity index (χ2v) is 3.83. The lowest BCUT2D eigenvalue weighted by Crippen LogP contribution is -2.38. The number of ether oxygens (including phenoxy) is 1. The van der Waals surface area contributed by atoms with Crippen LogP contribution in [-0.4, -0.2) is 30.4 Å². The molecular formula is C10H17N3O2S. The van der Waals surface area contributed by atoms with E-state index in [1.54, 1.807) is 13.3 Å². The third-order valence-corrected chi connectivity index (χ3v) is 2.21. The Bertz CT molecular complexity index is 341. The minimum absolute atomic E-state index is 0.0451. The molecule has 0 aliphatic rings. The Labute approximate surface area is 101 Å². The van der Waals surface area contributed by atoms with E-state index >= 15 is 0 Å². The Morgan fingerprint density at radius 2 is 2.44 bits per heavy atom. The standard InChI is InChI=1S/C10H17N3O2S/c1-7-6-12-9(15-7)8(2)13-10(16)11-4-5-14-3/h6,8H,4-5H2,1-3H3,(H2,11,13,16). The van der Waals surface area contributed by atoms with Crippen molar-refractivity contribution in [1.82, 2.24) is 15.6 Å². The summed E-state index contributed by atoms with van der Waals surface area (Å²) in [6.07, 6.45) is 1.69. The first kappa shape index (κ1) is 12.9. The molecule has 16 heavy (non-hydrogen) atoms. The van der Waals surface area contributed by atoms with Crippen molar-refractivity contribution in [3.63, 3.8) is 0 Å². The van der Waals surface area contributed by atoms with Gasteiger partial charge in [-0.2, -0.15) is 0 Å². The zero-order valence-corrected chi connectivity index (χ0v) is 10.6. The number of oxazole rings is 1. The van der Waals surface area contributed by atoms with Gasteiger partial charge in [0.2, 0.25) is 5.89 Å². The van der Waals surface area contributed by atoms with Crippen LogP contribution < -0.4 is 10.6 Å². The smallest absolute Gasteiger partial charge is 0.216 e. The van der Waals surface area contributed by atoms with E-state index < -0.39 is 0 Å². The summed E-state index contributed by atoms with van der Waals surface area (Å²) >= 11 is 5.10. The highest BCUT2D eigenvalue weighted by atomic mass is 32.1. The first-order valence-corrected chi connectivity index (χ1v) is 5.50. The van der Waals surface area contributed by atoms with Gasteiger partial charge in [-0.1, -0.05) is 0 Å². The maximum atomic E-state index is 5.39. The number of rotatable bonds is 5. The van der Waals surface area contributed by atoms with Crippen LogP contribution in [-0.2, 0) is 4.74 Å². The summed E-state index contributed by atoms with van der Waals surface area (Å²) < 4.78 is 10.3. The molecule has 1 aromatic heterocycles. The lowest BCUT2D eigenvalue weighted by Gasteiger charge is -2.13. The van der Waals surface area contributed by atoms with Gasteiger partial charge < -0.3 is 19.8 Å². The van der Waals surface area contributed by atoms with Crippen LogP contribution >= 0.6 is 12.2 Å². The van der Waals surface area contributed by atoms with Crippen LogP contribution in [0, 0.1) is 6.92 Å². The molecule has 6 heteroatoms. The van der Waals surface area contributed by atoms with E-state index in [1.165, 1.54) is 0 Å². The van der Waals surface area contributed by atoms with Gasteiger partial charge in [0.1, 0.15) is 11.8 Å². The molecule has 1 heterocycles. The van der Waals surface area contributed by atoms with E-state index in [2.05, 4.69) is 15.6 Å². The predicted molar refractivity (Wildman–Crippen MR) is 65.3 cm³/mol. The summed E-state index contributed by atoms with van der Waals surface area (Å²) in [5, 5.41) is 6.66. The Morgan fingerprint density at radius 3 is 3.00 bits per heavy atom. The van der Waals surface area contributed by atoms with Crippen molar-refractivity contribution < 1.29 is 9.15 Å². The van der Waals surface area contributed by atoms with Crippen molar-refractivity contribution in [3.8, 4) is 0 Å². The minimum atomic E-state index is -0.0451. The van der Waals surface area contributed by atoms with Crippen molar-refractivity contribution in [3.05, 3.63) is 17.8 Å². The number of nitrogens with zero attached hydrogens (tertiary/aromatic N) is 1. The van der Waals surface area contributed by atoms with Crippen LogP contribution in [0.4, 0.5) is 0 Å². The average Bonchev–Trinajstić information content (AvgIpc) is 2.65. The van der Waals surface area contributed by atoms with Gasteiger partial charge in [-0.3, -0.25) is 0 Å². The summed E-state index contributed by atoms with van der Waals surface area (Å²) in [6, 6.07) is -0.0451. The summed E-state index contributed by atoms with van der Waals surface area (Å²) in [6.45, 7) is 5.10. The molecule has 0 radical (unpaired) electrons. The predicted octanol–water partition coefficient (Wildman–Crippen LogP) is 1.15. The molecule has 90 valence electrons. The SMILES string of the molecule is COCCNC(=S)NC(C)c1ncc(C)o1. The lowest BCUT2D eigenvalue weighted by molar-refractivity contribution is 0.203. The van der Waals surface area contributed by atoms with Crippen molar-refractivity contribution in [2.24, 2.45) is 0 Å². The fourth-order valence-electron chi connectivity index (χ4n) is 1.15. The number of methoxy groups -OCH3 is 1. The van der Waals surface area contributed by atoms with Gasteiger partial charge in [0.05, 0.1) is 12.8 Å². The van der Waals surface area contributed by atoms with Gasteiger partial charge in [-0.05, 0) is 26.1 Å². The second kappa shape index (κ2) is 6.44. The first-order chi connectivity index (χ1) is 7.63. The molecule has 0 bridgehead atoms. The molecule has 5 nitrogen and oxygen atoms in total. The van der Waals surface area contributed by atoms with Crippen LogP contribution in [0.15, 0.2) is 10.6 Å². The van der Waals surface area contributed by atoms with Crippen LogP contribution in [0.25, 0.3) is 0 Å². The highest BCUT2D eigenvalue weighted by Crippen LogP contribution is 2.11. The van der Waals surface area contributed by atoms with Gasteiger partial charge in [0.25, 0.3) is 0 Å². The van der Waals surface area contributed by atoms with E-state index in [0.717, 1.165) is 5.76 Å². The number of nitrogens with one attached hydrogen (secondary N) is 2. The number of aromatic nitrogens is 1. The molecule has 0 amide bonds. The number of thiocarbonyl (C=S) groups is 1. The minimum Gasteiger partial charge on any atom is -0.444 e. The zero-order chi connectivity index (χ0) is 12.0. The molecule has 0 saturated carbocycles. The van der Waals surface area contributed by atoms with Gasteiger partial charge in [-0.25, -0.2) is 4.98 Å². The van der Waals surface area contributed by atoms with Crippen molar-refractivity contribution in [2.45, 2.75) is 19.9 Å². The highest BCUT2D eigenvalue weighted by Gasteiger charge is 2.11. The molecular weight excluding hydrogens is 226 g/mol. The number of hydrogen-bond donors (Lipinski definition) is 2. The highest BCUT2D eigenvalue weighted by molar-refractivity contribution is 7.80. The fourth-order valence-corrected chi connectivity index (χ4v) is 1.43. The average molecular weight is 243 g/mol. The number of hydrogen-bond acceptors (Lipinski definition) is 4. The maximum Gasteiger partial charge on any atom is 0.216 e. The van der Waals surface area contributed by atoms with Crippen molar-refractivity contribution in [2.75, 3.05) is 20.3 Å². The quantitative estimate of drug-likeness (QED) is 0.598. The Balaban J connectivity index is 2.33. The van der Waals surface area contributed by atoms with E-state index in [-0.39, 0.29) is 6.04 Å². The molecule has 0 aromatic carbocycles. The Hall–Kier alpha value is -1.14. The van der Waals surface area contributed by atoms with Crippen molar-refractivity contribution >= 4 is 17.3 Å². The monoisotopic (exact) mass is 243 g/mol.